The normalized spacial score (nSPS) is 16.8. The third-order valence-corrected chi connectivity index (χ3v) is 4.25. The topological polar surface area (TPSA) is 64.1 Å². The molecule has 1 aliphatic rings. The fourth-order valence-corrected chi connectivity index (χ4v) is 2.87. The maximum Gasteiger partial charge on any atom is 0.324 e. The minimum absolute atomic E-state index is 0.170. The van der Waals surface area contributed by atoms with Crippen LogP contribution in [0.4, 0.5) is 0 Å². The molecule has 94 valence electrons. The van der Waals surface area contributed by atoms with Gasteiger partial charge in [0.1, 0.15) is 11.6 Å². The summed E-state index contributed by atoms with van der Waals surface area (Å²) in [5.41, 5.74) is 1.69. The third-order valence-electron chi connectivity index (χ3n) is 2.30. The highest BCUT2D eigenvalue weighted by molar-refractivity contribution is 8.01. The monoisotopic (exact) mass is 273 g/mol. The number of rotatable bonds is 7. The van der Waals surface area contributed by atoms with Gasteiger partial charge in [0, 0.05) is 11.8 Å². The van der Waals surface area contributed by atoms with Gasteiger partial charge in [-0.05, 0) is 19.8 Å². The molecule has 0 saturated heterocycles. The van der Waals surface area contributed by atoms with Crippen molar-refractivity contribution in [2.24, 2.45) is 0 Å². The van der Waals surface area contributed by atoms with Gasteiger partial charge in [0.2, 0.25) is 0 Å². The number of ether oxygens (including phenoxy) is 1. The highest BCUT2D eigenvalue weighted by Crippen LogP contribution is 2.23. The molecule has 0 radical (unpaired) electrons. The van der Waals surface area contributed by atoms with Gasteiger partial charge < -0.3 is 10.1 Å². The molecule has 1 aromatic rings. The predicted octanol–water partition coefficient (Wildman–Crippen LogP) is 1.31. The molecule has 1 heterocycles. The molecule has 1 aliphatic carbocycles. The number of carbonyl (C=O) groups excluding carboxylic acids is 1. The third kappa shape index (κ3) is 4.25. The van der Waals surface area contributed by atoms with Gasteiger partial charge >= 0.3 is 5.97 Å². The lowest BCUT2D eigenvalue weighted by Gasteiger charge is -2.15. The molecule has 0 amide bonds. The lowest BCUT2D eigenvalue weighted by molar-refractivity contribution is -0.145. The van der Waals surface area contributed by atoms with Crippen LogP contribution >= 0.6 is 23.1 Å². The van der Waals surface area contributed by atoms with Crippen LogP contribution in [0.5, 0.6) is 0 Å². The van der Waals surface area contributed by atoms with E-state index in [2.05, 4.69) is 15.5 Å². The molecule has 1 N–H and O–H groups in total. The summed E-state index contributed by atoms with van der Waals surface area (Å²) < 4.78 is 5.94. The van der Waals surface area contributed by atoms with Gasteiger partial charge in [-0.15, -0.1) is 10.2 Å². The summed E-state index contributed by atoms with van der Waals surface area (Å²) in [7, 11) is 0. The fourth-order valence-electron chi connectivity index (χ4n) is 1.34. The van der Waals surface area contributed by atoms with E-state index < -0.39 is 0 Å². The van der Waals surface area contributed by atoms with E-state index in [1.807, 2.05) is 6.92 Å². The van der Waals surface area contributed by atoms with Crippen LogP contribution in [0.1, 0.15) is 19.8 Å². The first kappa shape index (κ1) is 12.8. The second-order valence-electron chi connectivity index (χ2n) is 3.76. The Bertz CT molecular complexity index is 354. The summed E-state index contributed by atoms with van der Waals surface area (Å²) in [6.07, 6.45) is 2.30. The molecule has 2 rings (SSSR count). The van der Waals surface area contributed by atoms with Crippen LogP contribution in [-0.4, -0.2) is 40.6 Å². The Morgan fingerprint density at radius 1 is 1.76 bits per heavy atom. The molecule has 0 aliphatic heterocycles. The van der Waals surface area contributed by atoms with Gasteiger partial charge in [-0.25, -0.2) is 0 Å². The Morgan fingerprint density at radius 2 is 2.59 bits per heavy atom. The van der Waals surface area contributed by atoms with Crippen LogP contribution in [0.15, 0.2) is 9.85 Å². The van der Waals surface area contributed by atoms with Crippen molar-refractivity contribution in [2.75, 3.05) is 12.4 Å². The number of nitrogens with one attached hydrogen (secondary N) is 1. The zero-order valence-corrected chi connectivity index (χ0v) is 11.2. The van der Waals surface area contributed by atoms with Gasteiger partial charge in [-0.2, -0.15) is 0 Å². The SMILES string of the molecule is CCOC(=O)C(CSc1nncs1)NC1CC1. The summed E-state index contributed by atoms with van der Waals surface area (Å²) in [5.74, 6) is 0.473. The van der Waals surface area contributed by atoms with Crippen molar-refractivity contribution >= 4 is 29.1 Å². The summed E-state index contributed by atoms with van der Waals surface area (Å²) in [6.45, 7) is 2.25. The van der Waals surface area contributed by atoms with E-state index in [4.69, 9.17) is 4.74 Å². The van der Waals surface area contributed by atoms with Gasteiger partial charge in [0.05, 0.1) is 6.61 Å². The Morgan fingerprint density at radius 3 is 3.18 bits per heavy atom. The molecule has 7 heteroatoms. The van der Waals surface area contributed by atoms with Crippen LogP contribution in [0.2, 0.25) is 0 Å². The molecule has 1 unspecified atom stereocenters. The Balaban J connectivity index is 1.83. The van der Waals surface area contributed by atoms with E-state index in [1.165, 1.54) is 11.3 Å². The second kappa shape index (κ2) is 6.32. The van der Waals surface area contributed by atoms with Gasteiger partial charge in [0.25, 0.3) is 0 Å². The van der Waals surface area contributed by atoms with E-state index in [0.717, 1.165) is 17.2 Å². The second-order valence-corrected chi connectivity index (χ2v) is 5.86. The lowest BCUT2D eigenvalue weighted by atomic mass is 10.3. The molecule has 1 aromatic heterocycles. The van der Waals surface area contributed by atoms with Crippen LogP contribution in [-0.2, 0) is 9.53 Å². The summed E-state index contributed by atoms with van der Waals surface area (Å²) >= 11 is 3.03. The van der Waals surface area contributed by atoms with Crippen molar-refractivity contribution in [3.8, 4) is 0 Å². The van der Waals surface area contributed by atoms with Gasteiger partial charge in [-0.3, -0.25) is 4.79 Å². The average molecular weight is 273 g/mol. The van der Waals surface area contributed by atoms with Gasteiger partial charge in [-0.1, -0.05) is 23.1 Å². The molecule has 0 bridgehead atoms. The number of hydrogen-bond acceptors (Lipinski definition) is 7. The van der Waals surface area contributed by atoms with Crippen molar-refractivity contribution in [3.63, 3.8) is 0 Å². The highest BCUT2D eigenvalue weighted by Gasteiger charge is 2.29. The van der Waals surface area contributed by atoms with Crippen LogP contribution in [0.3, 0.4) is 0 Å². The zero-order valence-electron chi connectivity index (χ0n) is 9.59. The van der Waals surface area contributed by atoms with Crippen molar-refractivity contribution in [1.29, 1.82) is 0 Å². The molecule has 0 spiro atoms. The van der Waals surface area contributed by atoms with E-state index >= 15 is 0 Å². The minimum atomic E-state index is -0.239. The van der Waals surface area contributed by atoms with Gasteiger partial charge in [0.15, 0.2) is 4.34 Å². The quantitative estimate of drug-likeness (QED) is 0.597. The van der Waals surface area contributed by atoms with E-state index in [-0.39, 0.29) is 12.0 Å². The van der Waals surface area contributed by atoms with Crippen LogP contribution < -0.4 is 5.32 Å². The number of nitrogens with zero attached hydrogens (tertiary/aromatic N) is 2. The van der Waals surface area contributed by atoms with Crippen molar-refractivity contribution < 1.29 is 9.53 Å². The Labute approximate surface area is 108 Å². The summed E-state index contributed by atoms with van der Waals surface area (Å²) in [4.78, 5) is 11.7. The summed E-state index contributed by atoms with van der Waals surface area (Å²) in [6, 6.07) is 0.246. The summed E-state index contributed by atoms with van der Waals surface area (Å²) in [5, 5.41) is 11.0. The number of aromatic nitrogens is 2. The minimum Gasteiger partial charge on any atom is -0.465 e. The maximum absolute atomic E-state index is 11.7. The first-order valence-corrected chi connectivity index (χ1v) is 7.47. The molecule has 5 nitrogen and oxygen atoms in total. The highest BCUT2D eigenvalue weighted by atomic mass is 32.2. The average Bonchev–Trinajstić information content (AvgIpc) is 2.98. The zero-order chi connectivity index (χ0) is 12.1. The number of carbonyl (C=O) groups is 1. The van der Waals surface area contributed by atoms with Crippen molar-refractivity contribution in [3.05, 3.63) is 5.51 Å². The fraction of sp³-hybridized carbons (Fsp3) is 0.700. The molecular weight excluding hydrogens is 258 g/mol. The van der Waals surface area contributed by atoms with E-state index in [0.29, 0.717) is 18.4 Å². The standard InChI is InChI=1S/C10H15N3O2S2/c1-2-15-9(14)8(12-7-3-4-7)5-16-10-13-11-6-17-10/h6-8,12H,2-5H2,1H3. The molecule has 1 fully saturated rings. The van der Waals surface area contributed by atoms with Crippen molar-refractivity contribution in [2.45, 2.75) is 36.2 Å². The lowest BCUT2D eigenvalue weighted by Crippen LogP contribution is -2.41. The van der Waals surface area contributed by atoms with Crippen molar-refractivity contribution in [1.82, 2.24) is 15.5 Å². The Hall–Kier alpha value is -0.660. The van der Waals surface area contributed by atoms with E-state index in [1.54, 1.807) is 17.3 Å². The maximum atomic E-state index is 11.7. The van der Waals surface area contributed by atoms with Crippen LogP contribution in [0, 0.1) is 0 Å². The first-order chi connectivity index (χ1) is 8.29. The Kier molecular flexibility index (Phi) is 4.75. The molecular formula is C10H15N3O2S2. The molecule has 1 atom stereocenters. The number of thioether (sulfide) groups is 1. The number of hydrogen-bond donors (Lipinski definition) is 1. The predicted molar refractivity (Wildman–Crippen MR) is 67.2 cm³/mol. The molecule has 0 aromatic carbocycles. The number of esters is 1. The smallest absolute Gasteiger partial charge is 0.324 e. The molecule has 17 heavy (non-hydrogen) atoms. The van der Waals surface area contributed by atoms with E-state index in [9.17, 15) is 4.79 Å². The largest absolute Gasteiger partial charge is 0.465 e. The first-order valence-electron chi connectivity index (χ1n) is 5.61. The van der Waals surface area contributed by atoms with Crippen LogP contribution in [0.25, 0.3) is 0 Å². The molecule has 1 saturated carbocycles.